The Bertz CT molecular complexity index is 1520. The molecular weight excluding hydrogens is 449 g/mol. The summed E-state index contributed by atoms with van der Waals surface area (Å²) in [7, 11) is -2.60. The molecule has 1 aliphatic rings. The van der Waals surface area contributed by atoms with Gasteiger partial charge in [-0.25, -0.2) is 19.3 Å². The highest BCUT2D eigenvalue weighted by molar-refractivity contribution is 7.69. The Morgan fingerprint density at radius 3 is 2.85 bits per heavy atom. The fourth-order valence-corrected chi connectivity index (χ4v) is 4.91. The summed E-state index contributed by atoms with van der Waals surface area (Å²) in [4.78, 5) is 26.8. The van der Waals surface area contributed by atoms with Gasteiger partial charge in [-0.1, -0.05) is 18.2 Å². The van der Waals surface area contributed by atoms with Crippen molar-refractivity contribution in [3.8, 4) is 5.82 Å². The van der Waals surface area contributed by atoms with Crippen LogP contribution in [0.4, 0.5) is 11.6 Å². The molecule has 34 heavy (non-hydrogen) atoms. The Kier molecular flexibility index (Phi) is 5.67. The molecule has 1 aliphatic heterocycles. The maximum atomic E-state index is 13.1. The third kappa shape index (κ3) is 4.08. The highest BCUT2D eigenvalue weighted by Crippen LogP contribution is 2.33. The molecule has 0 radical (unpaired) electrons. The van der Waals surface area contributed by atoms with Crippen LogP contribution in [-0.4, -0.2) is 44.2 Å². The van der Waals surface area contributed by atoms with Crippen LogP contribution in [0.3, 0.4) is 0 Å². The van der Waals surface area contributed by atoms with E-state index in [4.69, 9.17) is 0 Å². The first kappa shape index (κ1) is 22.3. The van der Waals surface area contributed by atoms with Gasteiger partial charge in [0.25, 0.3) is 5.56 Å². The summed E-state index contributed by atoms with van der Waals surface area (Å²) in [6, 6.07) is 11.5. The predicted molar refractivity (Wildman–Crippen MR) is 135 cm³/mol. The summed E-state index contributed by atoms with van der Waals surface area (Å²) in [6.07, 6.45) is 4.13. The Morgan fingerprint density at radius 2 is 2.06 bits per heavy atom. The van der Waals surface area contributed by atoms with Gasteiger partial charge in [-0.2, -0.15) is 4.98 Å². The molecule has 0 saturated carbocycles. The minimum Gasteiger partial charge on any atom is -0.324 e. The van der Waals surface area contributed by atoms with Gasteiger partial charge in [-0.05, 0) is 61.7 Å². The molecule has 10 heteroatoms. The van der Waals surface area contributed by atoms with Gasteiger partial charge in [-0.15, -0.1) is 6.58 Å². The highest BCUT2D eigenvalue weighted by Gasteiger charge is 2.20. The minimum atomic E-state index is -2.60. The van der Waals surface area contributed by atoms with Gasteiger partial charge in [0, 0.05) is 18.4 Å². The molecular formula is C24H26N7O2P. The van der Waals surface area contributed by atoms with E-state index < -0.39 is 7.14 Å². The molecule has 0 aliphatic carbocycles. The number of nitrogens with zero attached hydrogens (tertiary/aromatic N) is 5. The predicted octanol–water partition coefficient (Wildman–Crippen LogP) is 2.80. The van der Waals surface area contributed by atoms with Crippen LogP contribution < -0.4 is 21.6 Å². The van der Waals surface area contributed by atoms with Gasteiger partial charge in [0.15, 0.2) is 11.5 Å². The molecule has 0 unspecified atom stereocenters. The number of hydrogen-bond donors (Lipinski definition) is 2. The zero-order valence-corrected chi connectivity index (χ0v) is 20.0. The molecule has 4 heterocycles. The van der Waals surface area contributed by atoms with E-state index in [0.29, 0.717) is 28.2 Å². The largest absolute Gasteiger partial charge is 0.324 e. The van der Waals surface area contributed by atoms with Gasteiger partial charge >= 0.3 is 0 Å². The SMILES string of the molecule is C=CCn1c(=O)c2cnc(Nc3ccc4c(c3)CCNC4)nc2n1-c1cccc(P(C)(C)=O)n1. The molecule has 0 atom stereocenters. The molecule has 3 aromatic heterocycles. The fraction of sp³-hybridized carbons (Fsp3) is 0.250. The smallest absolute Gasteiger partial charge is 0.278 e. The van der Waals surface area contributed by atoms with Crippen LogP contribution in [0.2, 0.25) is 0 Å². The fourth-order valence-electron chi connectivity index (χ4n) is 4.12. The van der Waals surface area contributed by atoms with E-state index in [1.807, 2.05) is 6.07 Å². The van der Waals surface area contributed by atoms with E-state index in [1.165, 1.54) is 22.0 Å². The number of anilines is 2. The molecule has 174 valence electrons. The number of aromatic nitrogens is 5. The number of nitrogens with one attached hydrogen (secondary N) is 2. The lowest BCUT2D eigenvalue weighted by molar-refractivity contribution is 0.586. The second-order valence-corrected chi connectivity index (χ2v) is 11.8. The molecule has 0 saturated heterocycles. The lowest BCUT2D eigenvalue weighted by Crippen LogP contribution is -2.23. The normalized spacial score (nSPS) is 13.6. The zero-order chi connectivity index (χ0) is 23.9. The third-order valence-electron chi connectivity index (χ3n) is 5.81. The minimum absolute atomic E-state index is 0.244. The maximum absolute atomic E-state index is 13.1. The molecule has 5 rings (SSSR count). The lowest BCUT2D eigenvalue weighted by Gasteiger charge is -2.18. The summed E-state index contributed by atoms with van der Waals surface area (Å²) in [5.74, 6) is 0.833. The van der Waals surface area contributed by atoms with E-state index in [0.717, 1.165) is 25.2 Å². The van der Waals surface area contributed by atoms with E-state index in [-0.39, 0.29) is 12.1 Å². The number of benzene rings is 1. The van der Waals surface area contributed by atoms with Crippen molar-refractivity contribution in [1.82, 2.24) is 29.6 Å². The first-order valence-electron chi connectivity index (χ1n) is 11.1. The van der Waals surface area contributed by atoms with Crippen LogP contribution in [0.25, 0.3) is 16.9 Å². The third-order valence-corrected chi connectivity index (χ3v) is 7.17. The first-order valence-corrected chi connectivity index (χ1v) is 13.7. The number of hydrogen-bond acceptors (Lipinski definition) is 7. The van der Waals surface area contributed by atoms with Crippen molar-refractivity contribution in [1.29, 1.82) is 0 Å². The highest BCUT2D eigenvalue weighted by atomic mass is 31.2. The number of pyridine rings is 1. The summed E-state index contributed by atoms with van der Waals surface area (Å²) in [6.45, 7) is 9.20. The summed E-state index contributed by atoms with van der Waals surface area (Å²) in [5.41, 5.74) is 4.13. The van der Waals surface area contributed by atoms with Crippen molar-refractivity contribution in [3.05, 3.63) is 76.7 Å². The van der Waals surface area contributed by atoms with Crippen molar-refractivity contribution < 1.29 is 4.57 Å². The molecule has 0 bridgehead atoms. The second-order valence-electron chi connectivity index (χ2n) is 8.66. The van der Waals surface area contributed by atoms with E-state index in [1.54, 1.807) is 42.3 Å². The van der Waals surface area contributed by atoms with E-state index >= 15 is 0 Å². The van der Waals surface area contributed by atoms with Crippen LogP contribution in [0, 0.1) is 0 Å². The number of allylic oxidation sites excluding steroid dienone is 1. The Labute approximate surface area is 196 Å². The average Bonchev–Trinajstić information content (AvgIpc) is 3.10. The van der Waals surface area contributed by atoms with Crippen molar-refractivity contribution in [2.75, 3.05) is 25.2 Å². The zero-order valence-electron chi connectivity index (χ0n) is 19.2. The molecule has 1 aromatic carbocycles. The topological polar surface area (TPSA) is 107 Å². The summed E-state index contributed by atoms with van der Waals surface area (Å²) >= 11 is 0. The van der Waals surface area contributed by atoms with E-state index in [2.05, 4.69) is 44.3 Å². The van der Waals surface area contributed by atoms with Crippen LogP contribution in [0.15, 0.2) is 60.0 Å². The van der Waals surface area contributed by atoms with Crippen molar-refractivity contribution in [2.24, 2.45) is 0 Å². The summed E-state index contributed by atoms with van der Waals surface area (Å²) < 4.78 is 15.8. The number of rotatable bonds is 6. The van der Waals surface area contributed by atoms with Gasteiger partial charge < -0.3 is 15.2 Å². The van der Waals surface area contributed by atoms with Crippen molar-refractivity contribution in [2.45, 2.75) is 19.5 Å². The van der Waals surface area contributed by atoms with Crippen LogP contribution in [0.1, 0.15) is 11.1 Å². The Hall–Kier alpha value is -3.55. The summed E-state index contributed by atoms with van der Waals surface area (Å²) in [5, 5.41) is 7.01. The van der Waals surface area contributed by atoms with Crippen LogP contribution in [-0.2, 0) is 24.1 Å². The van der Waals surface area contributed by atoms with Gasteiger partial charge in [0.1, 0.15) is 18.0 Å². The van der Waals surface area contributed by atoms with Gasteiger partial charge in [0.05, 0.1) is 6.54 Å². The molecule has 9 nitrogen and oxygen atoms in total. The van der Waals surface area contributed by atoms with Crippen LogP contribution in [0.5, 0.6) is 0 Å². The molecule has 0 amide bonds. The maximum Gasteiger partial charge on any atom is 0.278 e. The number of fused-ring (bicyclic) bond motifs is 2. The van der Waals surface area contributed by atoms with Crippen LogP contribution >= 0.6 is 7.14 Å². The molecule has 4 aromatic rings. The quantitative estimate of drug-likeness (QED) is 0.326. The molecule has 0 spiro atoms. The Morgan fingerprint density at radius 1 is 1.21 bits per heavy atom. The van der Waals surface area contributed by atoms with E-state index in [9.17, 15) is 9.36 Å². The molecule has 2 N–H and O–H groups in total. The molecule has 0 fully saturated rings. The monoisotopic (exact) mass is 475 g/mol. The van der Waals surface area contributed by atoms with Crippen molar-refractivity contribution in [3.63, 3.8) is 0 Å². The van der Waals surface area contributed by atoms with Crippen molar-refractivity contribution >= 4 is 35.2 Å². The first-order chi connectivity index (χ1) is 16.3. The van der Waals surface area contributed by atoms with Gasteiger partial charge in [-0.3, -0.25) is 4.79 Å². The second kappa shape index (κ2) is 8.66. The average molecular weight is 475 g/mol. The Balaban J connectivity index is 1.63. The standard InChI is InChI=1S/C24H26N7O2P/c1-4-12-30-23(32)19-15-26-24(27-18-9-8-17-14-25-11-10-16(17)13-18)29-22(19)31(30)20-6-5-7-21(28-20)34(2,3)33/h4-9,13,15,25H,1,10-12,14H2,2-3H3,(H,26,27,29). The lowest BCUT2D eigenvalue weighted by atomic mass is 10.0. The van der Waals surface area contributed by atoms with Gasteiger partial charge in [0.2, 0.25) is 5.95 Å².